The van der Waals surface area contributed by atoms with Crippen molar-refractivity contribution in [3.05, 3.63) is 0 Å². The summed E-state index contributed by atoms with van der Waals surface area (Å²) in [5.41, 5.74) is 0. The largest absolute Gasteiger partial charge is 0.350 e. The summed E-state index contributed by atoms with van der Waals surface area (Å²) in [4.78, 5) is 0. The van der Waals surface area contributed by atoms with Crippen LogP contribution in [0.15, 0.2) is 0 Å². The molecule has 2 aliphatic rings. The van der Waals surface area contributed by atoms with Gasteiger partial charge in [0, 0.05) is 23.3 Å². The van der Waals surface area contributed by atoms with E-state index in [1.165, 1.54) is 0 Å². The molecule has 154 valence electrons. The van der Waals surface area contributed by atoms with Gasteiger partial charge in [-0.15, -0.1) is 23.5 Å². The van der Waals surface area contributed by atoms with Crippen molar-refractivity contribution in [3.8, 4) is 0 Å². The highest BCUT2D eigenvalue weighted by Crippen LogP contribution is 2.30. The minimum absolute atomic E-state index is 0.334. The first kappa shape index (κ1) is 23.0. The van der Waals surface area contributed by atoms with Crippen molar-refractivity contribution in [1.29, 1.82) is 0 Å². The second kappa shape index (κ2) is 11.0. The maximum atomic E-state index is 11.7. The van der Waals surface area contributed by atoms with Gasteiger partial charge in [-0.25, -0.2) is 0 Å². The van der Waals surface area contributed by atoms with Crippen molar-refractivity contribution >= 4 is 31.8 Å². The number of ether oxygens (including phenoxy) is 4. The third-order valence-corrected chi connectivity index (χ3v) is 7.06. The predicted octanol–water partition coefficient (Wildman–Crippen LogP) is 3.59. The molecular weight excluding hydrogens is 399 g/mol. The summed E-state index contributed by atoms with van der Waals surface area (Å²) in [6.07, 6.45) is 0. The molecule has 0 saturated carbocycles. The van der Waals surface area contributed by atoms with Crippen molar-refractivity contribution in [2.24, 2.45) is 11.8 Å². The molecule has 7 nitrogen and oxygen atoms in total. The van der Waals surface area contributed by atoms with Gasteiger partial charge in [0.25, 0.3) is 0 Å². The van der Waals surface area contributed by atoms with Crippen LogP contribution in [0.4, 0.5) is 0 Å². The Morgan fingerprint density at radius 3 is 1.50 bits per heavy atom. The molecule has 0 atom stereocenters. The molecule has 2 fully saturated rings. The standard InChI is InChI=1S/C16H31O7PS2/c1-15(2)18-5-13(6-19-15)9-25-11-22-24(17)23-12-26-10-14-7-20-16(3,4)21-8-14/h13-14,24H,5-12H2,1-4H3. The van der Waals surface area contributed by atoms with Gasteiger partial charge in [-0.05, 0) is 27.7 Å². The summed E-state index contributed by atoms with van der Waals surface area (Å²) in [7, 11) is -2.45. The minimum Gasteiger partial charge on any atom is -0.350 e. The van der Waals surface area contributed by atoms with Gasteiger partial charge in [0.2, 0.25) is 0 Å². The Hall–Kier alpha value is 0.690. The fourth-order valence-corrected chi connectivity index (χ4v) is 5.06. The average molecular weight is 431 g/mol. The highest BCUT2D eigenvalue weighted by atomic mass is 32.2. The Morgan fingerprint density at radius 2 is 1.15 bits per heavy atom. The maximum Gasteiger partial charge on any atom is 0.320 e. The Morgan fingerprint density at radius 1 is 0.808 bits per heavy atom. The summed E-state index contributed by atoms with van der Waals surface area (Å²) in [5, 5.41) is 0. The molecular formula is C16H31O7PS2. The van der Waals surface area contributed by atoms with Crippen LogP contribution in [0.1, 0.15) is 27.7 Å². The average Bonchev–Trinajstić information content (AvgIpc) is 2.58. The van der Waals surface area contributed by atoms with Crippen LogP contribution in [0, 0.1) is 11.8 Å². The van der Waals surface area contributed by atoms with Crippen LogP contribution in [0.3, 0.4) is 0 Å². The number of hydrogen-bond acceptors (Lipinski definition) is 9. The van der Waals surface area contributed by atoms with E-state index in [1.807, 2.05) is 27.7 Å². The van der Waals surface area contributed by atoms with Gasteiger partial charge in [-0.3, -0.25) is 13.6 Å². The monoisotopic (exact) mass is 430 g/mol. The topological polar surface area (TPSA) is 72.5 Å². The minimum atomic E-state index is -2.45. The van der Waals surface area contributed by atoms with E-state index in [4.69, 9.17) is 28.0 Å². The van der Waals surface area contributed by atoms with Crippen molar-refractivity contribution in [3.63, 3.8) is 0 Å². The molecule has 0 N–H and O–H groups in total. The second-order valence-electron chi connectivity index (χ2n) is 7.29. The van der Waals surface area contributed by atoms with Crippen LogP contribution >= 0.6 is 31.8 Å². The lowest BCUT2D eigenvalue weighted by Crippen LogP contribution is -2.40. The van der Waals surface area contributed by atoms with Crippen molar-refractivity contribution in [2.45, 2.75) is 39.3 Å². The van der Waals surface area contributed by atoms with Gasteiger partial charge < -0.3 is 18.9 Å². The van der Waals surface area contributed by atoms with Gasteiger partial charge in [0.15, 0.2) is 11.6 Å². The smallest absolute Gasteiger partial charge is 0.320 e. The SMILES string of the molecule is CC1(C)OCC(CSCO[PH](=O)OCSCC2COC(C)(C)OC2)CO1. The van der Waals surface area contributed by atoms with Gasteiger partial charge in [-0.2, -0.15) is 0 Å². The van der Waals surface area contributed by atoms with Gasteiger partial charge in [-0.1, -0.05) is 0 Å². The highest BCUT2D eigenvalue weighted by Gasteiger charge is 2.29. The fraction of sp³-hybridized carbons (Fsp3) is 1.00. The lowest BCUT2D eigenvalue weighted by molar-refractivity contribution is -0.259. The Labute approximate surface area is 165 Å². The van der Waals surface area contributed by atoms with E-state index in [2.05, 4.69) is 0 Å². The quantitative estimate of drug-likeness (QED) is 0.294. The zero-order valence-corrected chi connectivity index (χ0v) is 18.6. The third kappa shape index (κ3) is 9.26. The first-order chi connectivity index (χ1) is 12.3. The summed E-state index contributed by atoms with van der Waals surface area (Å²) in [6, 6.07) is 0. The van der Waals surface area contributed by atoms with Crippen LogP contribution < -0.4 is 0 Å². The fourth-order valence-electron chi connectivity index (χ4n) is 2.30. The molecule has 0 bridgehead atoms. The van der Waals surface area contributed by atoms with Crippen LogP contribution in [0.5, 0.6) is 0 Å². The molecule has 2 aliphatic heterocycles. The van der Waals surface area contributed by atoms with E-state index in [-0.39, 0.29) is 0 Å². The lowest BCUT2D eigenvalue weighted by atomic mass is 10.2. The van der Waals surface area contributed by atoms with Crippen molar-refractivity contribution in [2.75, 3.05) is 49.8 Å². The molecule has 0 radical (unpaired) electrons. The molecule has 0 aromatic rings. The molecule has 0 spiro atoms. The molecule has 2 rings (SSSR count). The molecule has 0 amide bonds. The first-order valence-corrected chi connectivity index (χ1v) is 12.3. The Bertz CT molecular complexity index is 392. The van der Waals surface area contributed by atoms with Crippen LogP contribution in [-0.4, -0.2) is 61.4 Å². The maximum absolute atomic E-state index is 11.7. The van der Waals surface area contributed by atoms with Gasteiger partial charge >= 0.3 is 8.25 Å². The summed E-state index contributed by atoms with van der Waals surface area (Å²) in [6.45, 7) is 10.3. The van der Waals surface area contributed by atoms with Crippen molar-refractivity contribution < 1.29 is 32.6 Å². The lowest BCUT2D eigenvalue weighted by Gasteiger charge is -2.34. The molecule has 26 heavy (non-hydrogen) atoms. The van der Waals surface area contributed by atoms with Crippen LogP contribution in [0.25, 0.3) is 0 Å². The number of thioether (sulfide) groups is 2. The zero-order chi connectivity index (χ0) is 19.0. The Kier molecular flexibility index (Phi) is 9.74. The van der Waals surface area contributed by atoms with Gasteiger partial charge in [0.05, 0.1) is 26.4 Å². The molecule has 10 heteroatoms. The Balaban J connectivity index is 1.42. The highest BCUT2D eigenvalue weighted by molar-refractivity contribution is 7.99. The second-order valence-corrected chi connectivity index (χ2v) is 10.3. The third-order valence-electron chi connectivity index (χ3n) is 3.89. The van der Waals surface area contributed by atoms with E-state index in [0.717, 1.165) is 11.5 Å². The van der Waals surface area contributed by atoms with E-state index in [9.17, 15) is 4.57 Å². The normalized spacial score (nSPS) is 24.2. The first-order valence-electron chi connectivity index (χ1n) is 8.77. The predicted molar refractivity (Wildman–Crippen MR) is 105 cm³/mol. The van der Waals surface area contributed by atoms with Crippen molar-refractivity contribution in [1.82, 2.24) is 0 Å². The van der Waals surface area contributed by atoms with E-state index in [0.29, 0.717) is 50.1 Å². The van der Waals surface area contributed by atoms with E-state index < -0.39 is 19.8 Å². The molecule has 2 saturated heterocycles. The van der Waals surface area contributed by atoms with Crippen LogP contribution in [0.2, 0.25) is 0 Å². The van der Waals surface area contributed by atoms with Crippen LogP contribution in [-0.2, 0) is 32.6 Å². The summed E-state index contributed by atoms with van der Waals surface area (Å²) < 4.78 is 44.6. The van der Waals surface area contributed by atoms with E-state index >= 15 is 0 Å². The molecule has 0 aromatic carbocycles. The summed E-state index contributed by atoms with van der Waals surface area (Å²) in [5.74, 6) is 2.08. The molecule has 0 aromatic heterocycles. The molecule has 0 unspecified atom stereocenters. The number of hydrogen-bond donors (Lipinski definition) is 0. The molecule has 0 aliphatic carbocycles. The van der Waals surface area contributed by atoms with E-state index in [1.54, 1.807) is 23.5 Å². The molecule has 2 heterocycles. The van der Waals surface area contributed by atoms with Gasteiger partial charge in [0.1, 0.15) is 11.9 Å². The zero-order valence-electron chi connectivity index (χ0n) is 16.0. The summed E-state index contributed by atoms with van der Waals surface area (Å²) >= 11 is 3.15. The number of rotatable bonds is 10.